The van der Waals surface area contributed by atoms with Crippen molar-refractivity contribution in [3.8, 4) is 0 Å². The molecular formula is C97H153F2N17O27S5. The Morgan fingerprint density at radius 3 is 1.07 bits per heavy atom. The predicted molar refractivity (Wildman–Crippen MR) is 554 cm³/mol. The van der Waals surface area contributed by atoms with Crippen molar-refractivity contribution in [3.63, 3.8) is 0 Å². The number of piperidine rings is 2. The van der Waals surface area contributed by atoms with Gasteiger partial charge in [-0.3, -0.25) is 188 Å². The molecule has 0 aromatic carbocycles. The molecule has 14 aliphatic rings. The molecule has 13 saturated heterocycles. The average Bonchev–Trinajstić information content (AvgIpc) is 1.56. The van der Waals surface area contributed by atoms with Gasteiger partial charge in [-0.15, -0.1) is 11.8 Å². The number of hydrogen-bond acceptors (Lipinski definition) is 33. The highest BCUT2D eigenvalue weighted by atomic mass is 32.2. The van der Waals surface area contributed by atoms with Crippen LogP contribution in [0.4, 0.5) is 28.0 Å². The van der Waals surface area contributed by atoms with Crippen LogP contribution in [0.25, 0.3) is 0 Å². The van der Waals surface area contributed by atoms with E-state index >= 15 is 0 Å². The molecular weight excluding hydrogens is 2030 g/mol. The first-order chi connectivity index (χ1) is 68.5. The van der Waals surface area contributed by atoms with Gasteiger partial charge in [0.15, 0.2) is 5.17 Å². The van der Waals surface area contributed by atoms with Crippen LogP contribution in [0.1, 0.15) is 264 Å². The number of aromatic nitrogens is 2. The SMILES string of the molecule is CC(C)C1C(=O)NC(=O)C1(F)F.CC(C)C1C(=O)NC(=O)C12CC2.CC(C)C1CC(=O)NC1=O.CC(C)C1CCC(=O)NC1=O.CC(C)C1CCONC1=O.CC(C)C1CSC(=O)NC1=O.CC(C)C1SC(=N)NC1=O.CC(C)C1SC(=O)NC1=O.CC(C)C1SCC(=O)NC1=O.CC(C)N1CCC(=O)NC1=O.CC(C)[C@H]1CCC(=O)NC1=O.CC(C)[C@H]1SC(=O)NC1=O.CC(C)n1ccc(=O)[nH]c1=O.CC1CCC(=O)NO1. The molecule has 1 aliphatic carbocycles. The van der Waals surface area contributed by atoms with E-state index in [1.54, 1.807) is 10.2 Å². The highest BCUT2D eigenvalue weighted by Crippen LogP contribution is 2.57. The Balaban J connectivity index is 0.000000539. The van der Waals surface area contributed by atoms with E-state index in [-0.39, 0.29) is 242 Å². The molecule has 12 atom stereocenters. The van der Waals surface area contributed by atoms with E-state index in [0.717, 1.165) is 49.2 Å². The Bertz CT molecular complexity index is 4570. The van der Waals surface area contributed by atoms with Gasteiger partial charge in [-0.1, -0.05) is 199 Å². The Hall–Kier alpha value is -10.5. The van der Waals surface area contributed by atoms with Crippen molar-refractivity contribution >= 4 is 198 Å². The summed E-state index contributed by atoms with van der Waals surface area (Å²) in [5.74, 6) is -5.52. The molecule has 15 N–H and O–H groups in total. The van der Waals surface area contributed by atoms with Crippen molar-refractivity contribution in [2.24, 2.45) is 112 Å². The van der Waals surface area contributed by atoms with E-state index < -0.39 is 29.6 Å². The van der Waals surface area contributed by atoms with Gasteiger partial charge in [0.05, 0.1) is 56.7 Å². The van der Waals surface area contributed by atoms with Crippen LogP contribution < -0.4 is 80.7 Å². The number of alkyl halides is 2. The fourth-order valence-electron chi connectivity index (χ4n) is 15.5. The number of aromatic amines is 1. The molecule has 1 saturated carbocycles. The third-order valence-corrected chi connectivity index (χ3v) is 30.7. The minimum atomic E-state index is -3.54. The van der Waals surface area contributed by atoms with Crippen LogP contribution >= 0.6 is 58.8 Å². The van der Waals surface area contributed by atoms with E-state index in [1.165, 1.54) is 66.0 Å². The van der Waals surface area contributed by atoms with Crippen molar-refractivity contribution in [3.05, 3.63) is 33.1 Å². The maximum atomic E-state index is 12.9. The summed E-state index contributed by atoms with van der Waals surface area (Å²) >= 11 is 6.08. The van der Waals surface area contributed by atoms with Gasteiger partial charge in [0, 0.05) is 92.4 Å². The summed E-state index contributed by atoms with van der Waals surface area (Å²) in [6.07, 6.45) is 8.96. The summed E-state index contributed by atoms with van der Waals surface area (Å²) in [5.41, 5.74) is 3.67. The summed E-state index contributed by atoms with van der Waals surface area (Å²) in [5, 5.41) is 31.1. The van der Waals surface area contributed by atoms with E-state index in [0.29, 0.717) is 105 Å². The number of urea groups is 1. The molecule has 1 spiro atoms. The number of halogens is 2. The minimum absolute atomic E-state index is 0.00213. The zero-order valence-corrected chi connectivity index (χ0v) is 93.5. The second-order valence-electron chi connectivity index (χ2n) is 40.9. The molecule has 24 amide bonds. The number of H-pyrrole nitrogens is 1. The number of amides is 24. The molecule has 1 aromatic rings. The van der Waals surface area contributed by atoms with Crippen molar-refractivity contribution in [2.75, 3.05) is 24.7 Å². The number of nitrogens with one attached hydrogen (secondary N) is 15. The zero-order chi connectivity index (χ0) is 113. The van der Waals surface area contributed by atoms with Crippen LogP contribution in [0.3, 0.4) is 0 Å². The number of hydrogen-bond donors (Lipinski definition) is 15. The molecule has 10 unspecified atom stereocenters. The van der Waals surface area contributed by atoms with Crippen LogP contribution in [0.15, 0.2) is 21.9 Å². The lowest BCUT2D eigenvalue weighted by Gasteiger charge is -2.29. The van der Waals surface area contributed by atoms with Gasteiger partial charge in [-0.25, -0.2) is 20.5 Å². The Morgan fingerprint density at radius 1 is 0.372 bits per heavy atom. The van der Waals surface area contributed by atoms with Crippen molar-refractivity contribution in [1.82, 2.24) is 83.9 Å². The number of nitrogens with zero attached hydrogens (tertiary/aromatic N) is 2. The number of thioether (sulfide) groups is 5. The first-order valence-corrected chi connectivity index (χ1v) is 54.1. The summed E-state index contributed by atoms with van der Waals surface area (Å²) in [6.45, 7) is 53.3. The molecule has 14 heterocycles. The van der Waals surface area contributed by atoms with Crippen molar-refractivity contribution < 1.29 is 129 Å². The average molecular weight is 2190 g/mol. The Kier molecular flexibility index (Phi) is 57.4. The topological polar surface area (TPSA) is 649 Å². The number of imide groups is 10. The second-order valence-corrected chi connectivity index (χ2v) is 46.4. The van der Waals surface area contributed by atoms with Gasteiger partial charge >= 0.3 is 17.6 Å². The fourth-order valence-corrected chi connectivity index (χ4v) is 20.0. The van der Waals surface area contributed by atoms with Crippen LogP contribution in [0, 0.1) is 117 Å². The first kappa shape index (κ1) is 134. The molecule has 1 aromatic heterocycles. The second kappa shape index (κ2) is 63.6. The third-order valence-electron chi connectivity index (χ3n) is 24.3. The number of carbonyl (C=O) groups is 23. The highest BCUT2D eigenvalue weighted by molar-refractivity contribution is 8.16. The fraction of sp³-hybridized carbons (Fsp3) is 0.711. The van der Waals surface area contributed by atoms with Gasteiger partial charge in [0.1, 0.15) is 5.92 Å². The minimum Gasteiger partial charge on any atom is -0.322 e. The maximum absolute atomic E-state index is 12.9. The normalized spacial score (nSPS) is 24.9. The van der Waals surface area contributed by atoms with E-state index in [2.05, 4.69) is 83.0 Å². The monoisotopic (exact) mass is 2190 g/mol. The van der Waals surface area contributed by atoms with Gasteiger partial charge < -0.3 is 10.2 Å². The smallest absolute Gasteiger partial charge is 0.322 e. The lowest BCUT2D eigenvalue weighted by atomic mass is 9.83. The summed E-state index contributed by atoms with van der Waals surface area (Å²) < 4.78 is 27.2. The van der Waals surface area contributed by atoms with Crippen molar-refractivity contribution in [1.29, 1.82) is 5.41 Å². The molecule has 14 fully saturated rings. The summed E-state index contributed by atoms with van der Waals surface area (Å²) in [7, 11) is 0. The number of rotatable bonds is 13. The lowest BCUT2D eigenvalue weighted by Crippen LogP contribution is -2.51. The molecule has 148 heavy (non-hydrogen) atoms. The molecule has 44 nitrogen and oxygen atoms in total. The van der Waals surface area contributed by atoms with Crippen LogP contribution in [0.5, 0.6) is 0 Å². The Morgan fingerprint density at radius 2 is 0.777 bits per heavy atom. The zero-order valence-electron chi connectivity index (χ0n) is 89.4. The predicted octanol–water partition coefficient (Wildman–Crippen LogP) is 8.76. The van der Waals surface area contributed by atoms with E-state index in [1.807, 2.05) is 159 Å². The standard InChI is InChI=1S/C9H13NO2.2C8H13NO2.C7H9F2NO2.C7H12N2O2.C7H10N2O2.2C7H11NO2S.C7H13NO2.C7H11NO2.C6H10N2OS.2C6H9NO2S.C5H9NO2/c1-5(2)6-7(11)10-8(12)9(6)3-4-9;2*1-5(2)6-3-4-7(10)9-8(6)11;1-3(2)4-5(11)10-6(12)7(4,8)9;2*1-5(2)9-4-3-6(10)8-7(9)11;1-4(2)6-7(10)8-5(9)3-11-6;1-4(2)5-3-11-7(10)8-6(5)9;1-5(2)6-3-4-10-8-7(6)9;1-4(2)5-3-6(9)8-7(5)10;1-3(2)4-5(9)8-6(7)10-4;2*1-3(2)4-5(8)7-6(9)10-4;1-4-2-3-5(7)6-8-4/h5-6H,3-4H2,1-2H3,(H,10,11,12);2*5-6H,3-4H2,1-2H3,(H,9,10,11);3-4H,1-2H3,(H,10,11,12);5H,3-4H2,1-2H3,(H,8,10,11);3-5H,1-2H3,(H,8,10,11);4,6H,3H2,1-2H3,(H,8,9,10);4-5H,3H2,1-2H3,(H,8,9,10);5-6H,3-4H2,1-2H3,(H,8,9);4-5H,3H2,1-2H3,(H,8,9,10);3-4H,1-2H3,(H2,7,8,9);2*3-4H,1-2H3,(H,7,8,9);4H,2-3H2,1H3,(H,6,7)/t;6-;;;;;;;;;;4-;;/m.1.........1../s1. The van der Waals surface area contributed by atoms with Gasteiger partial charge in [0.2, 0.25) is 106 Å². The van der Waals surface area contributed by atoms with E-state index in [9.17, 15) is 129 Å². The number of carbonyl (C=O) groups excluding carboxylic acids is 23. The van der Waals surface area contributed by atoms with Crippen LogP contribution in [0.2, 0.25) is 0 Å². The highest BCUT2D eigenvalue weighted by Gasteiger charge is 2.64. The largest absolute Gasteiger partial charge is 0.336 e. The number of amidine groups is 1. The van der Waals surface area contributed by atoms with Gasteiger partial charge in [-0.05, 0) is 138 Å². The molecule has 0 bridgehead atoms. The van der Waals surface area contributed by atoms with Gasteiger partial charge in [-0.2, -0.15) is 8.78 Å². The molecule has 13 aliphatic heterocycles. The van der Waals surface area contributed by atoms with Gasteiger partial charge in [0.25, 0.3) is 27.2 Å². The quantitative estimate of drug-likeness (QED) is 0.0820. The number of hydroxylamine groups is 2. The molecule has 0 radical (unpaired) electrons. The summed E-state index contributed by atoms with van der Waals surface area (Å²) in [4.78, 5) is 285. The van der Waals surface area contributed by atoms with E-state index in [4.69, 9.17) is 15.1 Å². The first-order valence-electron chi connectivity index (χ1n) is 49.4. The summed E-state index contributed by atoms with van der Waals surface area (Å²) in [6, 6.07) is 1.32. The van der Waals surface area contributed by atoms with Crippen LogP contribution in [-0.4, -0.2) is 217 Å². The molecule has 832 valence electrons. The Labute approximate surface area is 883 Å². The molecule has 15 rings (SSSR count). The maximum Gasteiger partial charge on any atom is 0.336 e. The van der Waals surface area contributed by atoms with Crippen LogP contribution in [-0.2, 0) is 101 Å². The lowest BCUT2D eigenvalue weighted by molar-refractivity contribution is -0.148. The third kappa shape index (κ3) is 45.0. The molecule has 51 heteroatoms. The van der Waals surface area contributed by atoms with Crippen molar-refractivity contribution in [2.45, 2.75) is 303 Å².